The van der Waals surface area contributed by atoms with Crippen LogP contribution in [0.2, 0.25) is 0 Å². The molecule has 3 aromatic heterocycles. The number of aryl methyl sites for hydroxylation is 5. The first-order valence-corrected chi connectivity index (χ1v) is 11.1. The molecule has 3 aromatic rings. The molecular formula is C18H22N4OS3. The summed E-state index contributed by atoms with van der Waals surface area (Å²) in [7, 11) is 0. The molecule has 0 bridgehead atoms. The van der Waals surface area contributed by atoms with Gasteiger partial charge in [-0.2, -0.15) is 0 Å². The Kier molecular flexibility index (Phi) is 5.94. The fourth-order valence-electron chi connectivity index (χ4n) is 2.51. The summed E-state index contributed by atoms with van der Waals surface area (Å²) in [4.78, 5) is 29.5. The molecule has 0 aliphatic carbocycles. The summed E-state index contributed by atoms with van der Waals surface area (Å²) in [6, 6.07) is 0. The number of thiazole rings is 1. The molecule has 0 fully saturated rings. The molecule has 1 amide bonds. The standard InChI is InChI=1S/C18H22N4OS3/c1-6-7-13-20-16(15-9(2)11(4)25-17(15)21-13)24-8-14(23)22-18-19-10(3)12(5)26-18/h6-8H2,1-5H3,(H,19,22,23). The van der Waals surface area contributed by atoms with Gasteiger partial charge in [0.2, 0.25) is 5.91 Å². The van der Waals surface area contributed by atoms with Crippen molar-refractivity contribution in [2.75, 3.05) is 11.1 Å². The lowest BCUT2D eigenvalue weighted by atomic mass is 10.2. The first kappa shape index (κ1) is 19.3. The van der Waals surface area contributed by atoms with Gasteiger partial charge in [0.15, 0.2) is 5.13 Å². The normalized spacial score (nSPS) is 11.3. The summed E-state index contributed by atoms with van der Waals surface area (Å²) in [6.07, 6.45) is 1.85. The van der Waals surface area contributed by atoms with Crippen LogP contribution in [0, 0.1) is 27.7 Å². The zero-order chi connectivity index (χ0) is 18.8. The van der Waals surface area contributed by atoms with Gasteiger partial charge >= 0.3 is 0 Å². The number of rotatable bonds is 6. The van der Waals surface area contributed by atoms with Crippen LogP contribution in [0.15, 0.2) is 5.03 Å². The van der Waals surface area contributed by atoms with Crippen LogP contribution in [0.25, 0.3) is 10.2 Å². The lowest BCUT2D eigenvalue weighted by molar-refractivity contribution is -0.113. The summed E-state index contributed by atoms with van der Waals surface area (Å²) in [5, 5.41) is 5.54. The predicted octanol–water partition coefficient (Wildman–Crippen LogP) is 5.06. The molecule has 3 heterocycles. The fraction of sp³-hybridized carbons (Fsp3) is 0.444. The van der Waals surface area contributed by atoms with Gasteiger partial charge in [-0.15, -0.1) is 22.7 Å². The van der Waals surface area contributed by atoms with Crippen molar-refractivity contribution in [2.45, 2.75) is 52.5 Å². The number of aromatic nitrogens is 3. The van der Waals surface area contributed by atoms with Crippen molar-refractivity contribution in [1.29, 1.82) is 0 Å². The number of thiophene rings is 1. The first-order chi connectivity index (χ1) is 12.4. The summed E-state index contributed by atoms with van der Waals surface area (Å²) < 4.78 is 0. The molecule has 3 rings (SSSR count). The molecule has 26 heavy (non-hydrogen) atoms. The third-order valence-corrected chi connectivity index (χ3v) is 7.20. The smallest absolute Gasteiger partial charge is 0.236 e. The molecule has 0 atom stereocenters. The van der Waals surface area contributed by atoms with Gasteiger partial charge < -0.3 is 5.32 Å². The minimum absolute atomic E-state index is 0.0582. The summed E-state index contributed by atoms with van der Waals surface area (Å²) in [6.45, 7) is 10.3. The highest BCUT2D eigenvalue weighted by Gasteiger charge is 2.16. The Bertz CT molecular complexity index is 942. The Labute approximate surface area is 165 Å². The van der Waals surface area contributed by atoms with Crippen molar-refractivity contribution in [3.05, 3.63) is 26.8 Å². The number of nitrogens with zero attached hydrogens (tertiary/aromatic N) is 3. The fourth-order valence-corrected chi connectivity index (χ4v) is 5.36. The number of hydrogen-bond acceptors (Lipinski definition) is 7. The highest BCUT2D eigenvalue weighted by atomic mass is 32.2. The zero-order valence-electron chi connectivity index (χ0n) is 15.6. The third-order valence-electron chi connectivity index (χ3n) is 4.13. The number of carbonyl (C=O) groups excluding carboxylic acids is 1. The monoisotopic (exact) mass is 406 g/mol. The summed E-state index contributed by atoms with van der Waals surface area (Å²) >= 11 is 4.68. The summed E-state index contributed by atoms with van der Waals surface area (Å²) in [5.74, 6) is 1.11. The molecule has 5 nitrogen and oxygen atoms in total. The second kappa shape index (κ2) is 8.02. The zero-order valence-corrected chi connectivity index (χ0v) is 18.0. The van der Waals surface area contributed by atoms with E-state index in [0.717, 1.165) is 44.5 Å². The van der Waals surface area contributed by atoms with E-state index < -0.39 is 0 Å². The van der Waals surface area contributed by atoms with E-state index in [9.17, 15) is 4.79 Å². The predicted molar refractivity (Wildman–Crippen MR) is 112 cm³/mol. The maximum atomic E-state index is 12.3. The third kappa shape index (κ3) is 4.07. The van der Waals surface area contributed by atoms with E-state index in [1.165, 1.54) is 33.5 Å². The van der Waals surface area contributed by atoms with Crippen LogP contribution in [0.5, 0.6) is 0 Å². The Morgan fingerprint density at radius 1 is 1.08 bits per heavy atom. The van der Waals surface area contributed by atoms with Crippen molar-refractivity contribution in [1.82, 2.24) is 15.0 Å². The number of thioether (sulfide) groups is 1. The van der Waals surface area contributed by atoms with E-state index in [2.05, 4.69) is 31.1 Å². The van der Waals surface area contributed by atoms with E-state index in [4.69, 9.17) is 9.97 Å². The quantitative estimate of drug-likeness (QED) is 0.457. The Balaban J connectivity index is 1.79. The van der Waals surface area contributed by atoms with Crippen LogP contribution in [0.3, 0.4) is 0 Å². The second-order valence-corrected chi connectivity index (χ2v) is 9.53. The molecule has 138 valence electrons. The Morgan fingerprint density at radius 3 is 2.50 bits per heavy atom. The Hall–Kier alpha value is -1.51. The van der Waals surface area contributed by atoms with E-state index in [-0.39, 0.29) is 5.91 Å². The van der Waals surface area contributed by atoms with Crippen LogP contribution in [0.4, 0.5) is 5.13 Å². The van der Waals surface area contributed by atoms with Crippen LogP contribution >= 0.6 is 34.4 Å². The van der Waals surface area contributed by atoms with Crippen molar-refractivity contribution in [2.24, 2.45) is 0 Å². The number of hydrogen-bond donors (Lipinski definition) is 1. The molecule has 0 aliphatic rings. The maximum absolute atomic E-state index is 12.3. The molecule has 0 saturated carbocycles. The van der Waals surface area contributed by atoms with Crippen LogP contribution in [-0.2, 0) is 11.2 Å². The first-order valence-electron chi connectivity index (χ1n) is 8.52. The number of anilines is 1. The molecular weight excluding hydrogens is 384 g/mol. The lowest BCUT2D eigenvalue weighted by Gasteiger charge is -2.06. The average molecular weight is 407 g/mol. The minimum Gasteiger partial charge on any atom is -0.301 e. The highest BCUT2D eigenvalue weighted by molar-refractivity contribution is 8.00. The van der Waals surface area contributed by atoms with E-state index in [1.54, 1.807) is 11.3 Å². The molecule has 0 saturated heterocycles. The van der Waals surface area contributed by atoms with Gasteiger partial charge in [0, 0.05) is 21.6 Å². The van der Waals surface area contributed by atoms with E-state index in [0.29, 0.717) is 10.9 Å². The summed E-state index contributed by atoms with van der Waals surface area (Å²) in [5.41, 5.74) is 2.17. The van der Waals surface area contributed by atoms with Crippen LogP contribution in [0.1, 0.15) is 40.2 Å². The second-order valence-electron chi connectivity index (χ2n) is 6.16. The van der Waals surface area contributed by atoms with Gasteiger partial charge in [0.25, 0.3) is 0 Å². The average Bonchev–Trinajstić information content (AvgIpc) is 3.04. The number of fused-ring (bicyclic) bond motifs is 1. The van der Waals surface area contributed by atoms with Crippen molar-refractivity contribution < 1.29 is 4.79 Å². The van der Waals surface area contributed by atoms with E-state index in [1.807, 2.05) is 13.8 Å². The molecule has 8 heteroatoms. The van der Waals surface area contributed by atoms with Gasteiger partial charge in [-0.3, -0.25) is 4.79 Å². The topological polar surface area (TPSA) is 67.8 Å². The van der Waals surface area contributed by atoms with Gasteiger partial charge in [-0.25, -0.2) is 15.0 Å². The van der Waals surface area contributed by atoms with Crippen LogP contribution < -0.4 is 5.32 Å². The molecule has 0 unspecified atom stereocenters. The molecule has 0 spiro atoms. The number of nitrogens with one attached hydrogen (secondary N) is 1. The molecule has 1 N–H and O–H groups in total. The van der Waals surface area contributed by atoms with Gasteiger partial charge in [0.05, 0.1) is 11.4 Å². The number of carbonyl (C=O) groups is 1. The van der Waals surface area contributed by atoms with Gasteiger partial charge in [0.1, 0.15) is 15.7 Å². The Morgan fingerprint density at radius 2 is 1.85 bits per heavy atom. The van der Waals surface area contributed by atoms with Crippen molar-refractivity contribution in [3.8, 4) is 0 Å². The van der Waals surface area contributed by atoms with Crippen LogP contribution in [-0.4, -0.2) is 26.6 Å². The lowest BCUT2D eigenvalue weighted by Crippen LogP contribution is -2.14. The molecule has 0 aliphatic heterocycles. The van der Waals surface area contributed by atoms with Crippen molar-refractivity contribution in [3.63, 3.8) is 0 Å². The van der Waals surface area contributed by atoms with E-state index >= 15 is 0 Å². The molecule has 0 radical (unpaired) electrons. The highest BCUT2D eigenvalue weighted by Crippen LogP contribution is 2.35. The maximum Gasteiger partial charge on any atom is 0.236 e. The SMILES string of the molecule is CCCc1nc(SCC(=O)Nc2nc(C)c(C)s2)c2c(C)c(C)sc2n1. The minimum atomic E-state index is -0.0582. The van der Waals surface area contributed by atoms with Gasteiger partial charge in [-0.1, -0.05) is 18.7 Å². The molecule has 0 aromatic carbocycles. The van der Waals surface area contributed by atoms with Crippen molar-refractivity contribution >= 4 is 55.7 Å². The van der Waals surface area contributed by atoms with Gasteiger partial charge in [-0.05, 0) is 39.7 Å². The number of amides is 1. The largest absolute Gasteiger partial charge is 0.301 e.